The number of anilines is 1. The van der Waals surface area contributed by atoms with E-state index >= 15 is 0 Å². The highest BCUT2D eigenvalue weighted by atomic mass is 16.5. The monoisotopic (exact) mass is 383 g/mol. The Morgan fingerprint density at radius 3 is 2.21 bits per heavy atom. The van der Waals surface area contributed by atoms with Gasteiger partial charge in [-0.15, -0.1) is 0 Å². The molecule has 0 aliphatic carbocycles. The predicted molar refractivity (Wildman–Crippen MR) is 107 cm³/mol. The van der Waals surface area contributed by atoms with E-state index in [0.717, 1.165) is 12.2 Å². The fourth-order valence-electron chi connectivity index (χ4n) is 2.55. The van der Waals surface area contributed by atoms with Gasteiger partial charge in [0.25, 0.3) is 0 Å². The first-order valence-corrected chi connectivity index (χ1v) is 9.29. The Labute approximate surface area is 164 Å². The number of hydrogen-bond donors (Lipinski definition) is 2. The minimum absolute atomic E-state index is 0.0696. The molecule has 0 radical (unpaired) electrons. The zero-order valence-electron chi connectivity index (χ0n) is 16.1. The maximum atomic E-state index is 12.2. The number of carbonyl (C=O) groups excluding carboxylic acids is 2. The molecule has 28 heavy (non-hydrogen) atoms. The molecule has 0 fully saturated rings. The van der Waals surface area contributed by atoms with E-state index in [2.05, 4.69) is 5.32 Å². The number of ketones is 1. The number of nitrogens with one attached hydrogen (secondary N) is 1. The topological polar surface area (TPSA) is 92.7 Å². The standard InChI is InChI=1S/C22H25NO5/c1-3-14-28-19-10-6-17(7-11-19)20(24)12-13-21(25)23-18-8-4-16(5-9-18)15(2)22(26)27/h4-11,15H,3,12-14H2,1-2H3,(H,23,25)(H,26,27). The van der Waals surface area contributed by atoms with Gasteiger partial charge in [0.15, 0.2) is 5.78 Å². The van der Waals surface area contributed by atoms with E-state index < -0.39 is 11.9 Å². The highest BCUT2D eigenvalue weighted by Gasteiger charge is 2.14. The summed E-state index contributed by atoms with van der Waals surface area (Å²) in [7, 11) is 0. The molecular weight excluding hydrogens is 358 g/mol. The third kappa shape index (κ3) is 6.23. The molecule has 1 amide bonds. The molecule has 0 aliphatic rings. The Balaban J connectivity index is 1.83. The number of aliphatic carboxylic acids is 1. The zero-order valence-corrected chi connectivity index (χ0v) is 16.1. The Hall–Kier alpha value is -3.15. The van der Waals surface area contributed by atoms with Gasteiger partial charge >= 0.3 is 5.97 Å². The van der Waals surface area contributed by atoms with Gasteiger partial charge in [-0.05, 0) is 55.3 Å². The van der Waals surface area contributed by atoms with Crippen molar-refractivity contribution in [3.63, 3.8) is 0 Å². The van der Waals surface area contributed by atoms with Crippen molar-refractivity contribution in [1.29, 1.82) is 0 Å². The van der Waals surface area contributed by atoms with Crippen LogP contribution in [-0.2, 0) is 9.59 Å². The van der Waals surface area contributed by atoms with E-state index in [-0.39, 0.29) is 24.5 Å². The van der Waals surface area contributed by atoms with Crippen molar-refractivity contribution in [1.82, 2.24) is 0 Å². The first-order valence-electron chi connectivity index (χ1n) is 9.29. The lowest BCUT2D eigenvalue weighted by Crippen LogP contribution is -2.14. The molecule has 0 aromatic heterocycles. The van der Waals surface area contributed by atoms with Gasteiger partial charge in [0, 0.05) is 24.1 Å². The average molecular weight is 383 g/mol. The maximum Gasteiger partial charge on any atom is 0.310 e. The van der Waals surface area contributed by atoms with Gasteiger partial charge in [0.1, 0.15) is 5.75 Å². The van der Waals surface area contributed by atoms with Crippen LogP contribution in [0.3, 0.4) is 0 Å². The summed E-state index contributed by atoms with van der Waals surface area (Å²) in [6.45, 7) is 4.25. The predicted octanol–water partition coefficient (Wildman–Crippen LogP) is 4.27. The molecule has 0 aliphatic heterocycles. The SMILES string of the molecule is CCCOc1ccc(C(=O)CCC(=O)Nc2ccc(C(C)C(=O)O)cc2)cc1. The first-order chi connectivity index (χ1) is 13.4. The van der Waals surface area contributed by atoms with Crippen LogP contribution < -0.4 is 10.1 Å². The summed E-state index contributed by atoms with van der Waals surface area (Å²) in [6.07, 6.45) is 1.09. The smallest absolute Gasteiger partial charge is 0.310 e. The lowest BCUT2D eigenvalue weighted by molar-refractivity contribution is -0.138. The van der Waals surface area contributed by atoms with Crippen LogP contribution in [0.15, 0.2) is 48.5 Å². The molecule has 0 saturated heterocycles. The van der Waals surface area contributed by atoms with Crippen LogP contribution in [0.4, 0.5) is 5.69 Å². The van der Waals surface area contributed by atoms with Gasteiger partial charge in [0.05, 0.1) is 12.5 Å². The van der Waals surface area contributed by atoms with Crippen LogP contribution in [0.5, 0.6) is 5.75 Å². The maximum absolute atomic E-state index is 12.2. The van der Waals surface area contributed by atoms with Crippen molar-refractivity contribution in [3.8, 4) is 5.75 Å². The van der Waals surface area contributed by atoms with E-state index in [1.165, 1.54) is 0 Å². The second-order valence-electron chi connectivity index (χ2n) is 6.53. The van der Waals surface area contributed by atoms with Crippen molar-refractivity contribution < 1.29 is 24.2 Å². The highest BCUT2D eigenvalue weighted by molar-refractivity contribution is 6.00. The Bertz CT molecular complexity index is 812. The van der Waals surface area contributed by atoms with Crippen LogP contribution in [0, 0.1) is 0 Å². The highest BCUT2D eigenvalue weighted by Crippen LogP contribution is 2.19. The van der Waals surface area contributed by atoms with E-state index in [0.29, 0.717) is 23.4 Å². The molecule has 2 N–H and O–H groups in total. The van der Waals surface area contributed by atoms with Crippen molar-refractivity contribution in [3.05, 3.63) is 59.7 Å². The second-order valence-corrected chi connectivity index (χ2v) is 6.53. The number of carbonyl (C=O) groups is 3. The lowest BCUT2D eigenvalue weighted by Gasteiger charge is -2.09. The van der Waals surface area contributed by atoms with E-state index in [1.54, 1.807) is 55.5 Å². The molecule has 0 bridgehead atoms. The number of ether oxygens (including phenoxy) is 1. The van der Waals surface area contributed by atoms with E-state index in [9.17, 15) is 14.4 Å². The summed E-state index contributed by atoms with van der Waals surface area (Å²) in [6, 6.07) is 13.6. The third-order valence-corrected chi connectivity index (χ3v) is 4.29. The number of rotatable bonds is 10. The molecule has 2 rings (SSSR count). The van der Waals surface area contributed by atoms with Crippen LogP contribution in [0.2, 0.25) is 0 Å². The summed E-state index contributed by atoms with van der Waals surface area (Å²) < 4.78 is 5.48. The van der Waals surface area contributed by atoms with Gasteiger partial charge in [0.2, 0.25) is 5.91 Å². The number of hydrogen-bond acceptors (Lipinski definition) is 4. The van der Waals surface area contributed by atoms with Crippen LogP contribution in [-0.4, -0.2) is 29.4 Å². The fraction of sp³-hybridized carbons (Fsp3) is 0.318. The molecule has 1 unspecified atom stereocenters. The van der Waals surface area contributed by atoms with Gasteiger partial charge in [-0.25, -0.2) is 0 Å². The van der Waals surface area contributed by atoms with Crippen molar-refractivity contribution >= 4 is 23.3 Å². The summed E-state index contributed by atoms with van der Waals surface area (Å²) in [5.41, 5.74) is 1.77. The number of carboxylic acid groups (broad SMARTS) is 1. The molecule has 148 valence electrons. The lowest BCUT2D eigenvalue weighted by atomic mass is 10.0. The molecule has 1 atom stereocenters. The van der Waals surface area contributed by atoms with E-state index in [1.807, 2.05) is 6.92 Å². The molecule has 0 saturated carbocycles. The second kappa shape index (κ2) is 10.3. The van der Waals surface area contributed by atoms with Crippen LogP contribution in [0.25, 0.3) is 0 Å². The Morgan fingerprint density at radius 2 is 1.64 bits per heavy atom. The number of carboxylic acids is 1. The largest absolute Gasteiger partial charge is 0.494 e. The van der Waals surface area contributed by atoms with E-state index in [4.69, 9.17) is 9.84 Å². The van der Waals surface area contributed by atoms with Gasteiger partial charge in [-0.1, -0.05) is 19.1 Å². The Kier molecular flexibility index (Phi) is 7.75. The van der Waals surface area contributed by atoms with Gasteiger partial charge in [-0.3, -0.25) is 14.4 Å². The van der Waals surface area contributed by atoms with Crippen molar-refractivity contribution in [2.75, 3.05) is 11.9 Å². The molecule has 0 spiro atoms. The van der Waals surface area contributed by atoms with Crippen molar-refractivity contribution in [2.45, 2.75) is 39.0 Å². The minimum atomic E-state index is -0.903. The Morgan fingerprint density at radius 1 is 1.00 bits per heavy atom. The summed E-state index contributed by atoms with van der Waals surface area (Å²) in [5, 5.41) is 11.7. The number of Topliss-reactive ketones (excluding diaryl/α,β-unsaturated/α-hetero) is 1. The zero-order chi connectivity index (χ0) is 20.5. The minimum Gasteiger partial charge on any atom is -0.494 e. The van der Waals surface area contributed by atoms with Crippen molar-refractivity contribution in [2.24, 2.45) is 0 Å². The molecular formula is C22H25NO5. The third-order valence-electron chi connectivity index (χ3n) is 4.29. The van der Waals surface area contributed by atoms with Gasteiger partial charge in [-0.2, -0.15) is 0 Å². The van der Waals surface area contributed by atoms with Gasteiger partial charge < -0.3 is 15.2 Å². The average Bonchev–Trinajstić information content (AvgIpc) is 2.70. The molecule has 6 heteroatoms. The molecule has 2 aromatic rings. The number of amides is 1. The summed E-state index contributed by atoms with van der Waals surface area (Å²) in [4.78, 5) is 35.3. The molecule has 2 aromatic carbocycles. The summed E-state index contributed by atoms with van der Waals surface area (Å²) in [5.74, 6) is -1.17. The fourth-order valence-corrected chi connectivity index (χ4v) is 2.55. The normalized spacial score (nSPS) is 11.5. The quantitative estimate of drug-likeness (QED) is 0.598. The summed E-state index contributed by atoms with van der Waals surface area (Å²) >= 11 is 0. The molecule has 0 heterocycles. The molecule has 6 nitrogen and oxygen atoms in total. The number of benzene rings is 2. The first kappa shape index (κ1) is 21.2. The van der Waals surface area contributed by atoms with Crippen LogP contribution in [0.1, 0.15) is 54.9 Å². The van der Waals surface area contributed by atoms with Crippen LogP contribution >= 0.6 is 0 Å².